The first kappa shape index (κ1) is 23.6. The highest BCUT2D eigenvalue weighted by molar-refractivity contribution is 9.10. The number of nitrogens with zero attached hydrogens (tertiary/aromatic N) is 2. The van der Waals surface area contributed by atoms with Crippen LogP contribution >= 0.6 is 39.1 Å². The Kier molecular flexibility index (Phi) is 6.13. The molecular weight excluding hydrogens is 539 g/mol. The van der Waals surface area contributed by atoms with Gasteiger partial charge in [0.25, 0.3) is 5.91 Å². The van der Waals surface area contributed by atoms with Gasteiger partial charge in [0, 0.05) is 39.2 Å². The lowest BCUT2D eigenvalue weighted by atomic mass is 9.87. The smallest absolute Gasteiger partial charge is 0.251 e. The van der Waals surface area contributed by atoms with E-state index in [1.165, 1.54) is 0 Å². The Morgan fingerprint density at radius 1 is 1.12 bits per heavy atom. The van der Waals surface area contributed by atoms with Gasteiger partial charge in [-0.3, -0.25) is 4.79 Å². The molecule has 3 aromatic rings. The number of fused-ring (bicyclic) bond motifs is 1. The standard InChI is InChI=1S/C26H23BrCl2N2O3/c1-26(2)13-21(31-10-9-22(32)25(31)33)19-12-18(14-3-6-16(28)7-4-14)23(30-24(19)34-26)17-8-5-15(27)11-20(17)29/h3-8,11-12,21-22,32H,9-10,13H2,1-2H3. The number of halogens is 3. The molecule has 2 aliphatic heterocycles. The molecule has 34 heavy (non-hydrogen) atoms. The van der Waals surface area contributed by atoms with Gasteiger partial charge in [0.2, 0.25) is 5.88 Å². The largest absolute Gasteiger partial charge is 0.471 e. The number of hydrogen-bond donors (Lipinski definition) is 1. The highest BCUT2D eigenvalue weighted by atomic mass is 79.9. The van der Waals surface area contributed by atoms with Crippen molar-refractivity contribution in [2.45, 2.75) is 44.4 Å². The molecule has 0 aliphatic carbocycles. The van der Waals surface area contributed by atoms with E-state index in [-0.39, 0.29) is 11.9 Å². The van der Waals surface area contributed by atoms with Crippen molar-refractivity contribution in [3.05, 3.63) is 68.6 Å². The van der Waals surface area contributed by atoms with E-state index in [2.05, 4.69) is 15.9 Å². The van der Waals surface area contributed by atoms with E-state index in [0.717, 1.165) is 26.7 Å². The van der Waals surface area contributed by atoms with Crippen molar-refractivity contribution in [2.75, 3.05) is 6.54 Å². The summed E-state index contributed by atoms with van der Waals surface area (Å²) in [4.78, 5) is 19.5. The van der Waals surface area contributed by atoms with Crippen LogP contribution in [-0.2, 0) is 4.79 Å². The lowest BCUT2D eigenvalue weighted by Crippen LogP contribution is -2.43. The zero-order valence-corrected chi connectivity index (χ0v) is 21.8. The summed E-state index contributed by atoms with van der Waals surface area (Å²) in [5.41, 5.74) is 3.52. The van der Waals surface area contributed by atoms with Crippen molar-refractivity contribution in [3.8, 4) is 28.3 Å². The summed E-state index contributed by atoms with van der Waals surface area (Å²) in [6.07, 6.45) is 0.0631. The molecule has 176 valence electrons. The van der Waals surface area contributed by atoms with Crippen molar-refractivity contribution < 1.29 is 14.6 Å². The van der Waals surface area contributed by atoms with Gasteiger partial charge in [-0.1, -0.05) is 57.3 Å². The molecule has 0 spiro atoms. The maximum atomic E-state index is 12.8. The van der Waals surface area contributed by atoms with Crippen LogP contribution in [0.1, 0.15) is 38.3 Å². The molecule has 2 aromatic carbocycles. The third-order valence-corrected chi connectivity index (χ3v) is 7.42. The number of benzene rings is 2. The number of aromatic nitrogens is 1. The van der Waals surface area contributed by atoms with Gasteiger partial charge in [-0.15, -0.1) is 0 Å². The van der Waals surface area contributed by atoms with Gasteiger partial charge in [0.05, 0.1) is 16.8 Å². The lowest BCUT2D eigenvalue weighted by Gasteiger charge is -2.41. The second kappa shape index (κ2) is 8.83. The topological polar surface area (TPSA) is 62.7 Å². The van der Waals surface area contributed by atoms with Crippen LogP contribution < -0.4 is 4.74 Å². The first-order valence-corrected chi connectivity index (χ1v) is 12.6. The molecule has 0 radical (unpaired) electrons. The number of carbonyl (C=O) groups excluding carboxylic acids is 1. The Balaban J connectivity index is 1.74. The van der Waals surface area contributed by atoms with E-state index >= 15 is 0 Å². The minimum atomic E-state index is -0.959. The van der Waals surface area contributed by atoms with E-state index < -0.39 is 11.7 Å². The number of rotatable bonds is 3. The van der Waals surface area contributed by atoms with E-state index in [1.807, 2.05) is 62.4 Å². The molecule has 0 saturated carbocycles. The molecule has 2 aliphatic rings. The highest BCUT2D eigenvalue weighted by Crippen LogP contribution is 2.47. The fourth-order valence-corrected chi connectivity index (χ4v) is 5.61. The summed E-state index contributed by atoms with van der Waals surface area (Å²) < 4.78 is 7.19. The van der Waals surface area contributed by atoms with Gasteiger partial charge < -0.3 is 14.7 Å². The first-order chi connectivity index (χ1) is 16.1. The van der Waals surface area contributed by atoms with Gasteiger partial charge in [0.15, 0.2) is 0 Å². The van der Waals surface area contributed by atoms with Gasteiger partial charge in [0.1, 0.15) is 11.7 Å². The molecule has 1 N–H and O–H groups in total. The molecule has 1 saturated heterocycles. The molecule has 1 amide bonds. The van der Waals surface area contributed by atoms with Crippen LogP contribution in [0.3, 0.4) is 0 Å². The zero-order chi connectivity index (χ0) is 24.2. The predicted molar refractivity (Wildman–Crippen MR) is 137 cm³/mol. The second-order valence-electron chi connectivity index (χ2n) is 9.33. The van der Waals surface area contributed by atoms with Crippen LogP contribution in [0, 0.1) is 0 Å². The number of aliphatic hydroxyl groups is 1. The quantitative estimate of drug-likeness (QED) is 0.387. The zero-order valence-electron chi connectivity index (χ0n) is 18.7. The molecule has 5 nitrogen and oxygen atoms in total. The van der Waals surface area contributed by atoms with Crippen molar-refractivity contribution in [3.63, 3.8) is 0 Å². The number of ether oxygens (including phenoxy) is 1. The summed E-state index contributed by atoms with van der Waals surface area (Å²) in [7, 11) is 0. The second-order valence-corrected chi connectivity index (χ2v) is 11.1. The maximum Gasteiger partial charge on any atom is 0.251 e. The Morgan fingerprint density at radius 3 is 2.50 bits per heavy atom. The Bertz CT molecular complexity index is 1280. The van der Waals surface area contributed by atoms with E-state index in [9.17, 15) is 9.90 Å². The summed E-state index contributed by atoms with van der Waals surface area (Å²) in [5, 5.41) is 11.3. The number of aliphatic hydroxyl groups excluding tert-OH is 1. The molecule has 1 fully saturated rings. The van der Waals surface area contributed by atoms with Crippen LogP contribution in [0.15, 0.2) is 53.0 Å². The monoisotopic (exact) mass is 560 g/mol. The third kappa shape index (κ3) is 4.33. The minimum absolute atomic E-state index is 0.248. The average molecular weight is 562 g/mol. The summed E-state index contributed by atoms with van der Waals surface area (Å²) in [5.74, 6) is 0.226. The molecule has 8 heteroatoms. The summed E-state index contributed by atoms with van der Waals surface area (Å²) >= 11 is 16.3. The SMILES string of the molecule is CC1(C)CC(N2CCC(O)C2=O)c2cc(-c3ccc(Cl)cc3)c(-c3ccc(Br)cc3Cl)nc2O1. The summed E-state index contributed by atoms with van der Waals surface area (Å²) in [6, 6.07) is 15.0. The molecule has 0 bridgehead atoms. The van der Waals surface area contributed by atoms with E-state index in [0.29, 0.717) is 41.0 Å². The Hall–Kier alpha value is -2.12. The highest BCUT2D eigenvalue weighted by Gasteiger charge is 2.43. The molecule has 3 heterocycles. The minimum Gasteiger partial charge on any atom is -0.471 e. The first-order valence-electron chi connectivity index (χ1n) is 11.1. The Labute approximate surface area is 216 Å². The van der Waals surface area contributed by atoms with Crippen molar-refractivity contribution in [1.82, 2.24) is 9.88 Å². The number of likely N-dealkylation sites (tertiary alicyclic amines) is 1. The van der Waals surface area contributed by atoms with Crippen LogP contribution in [-0.4, -0.2) is 39.1 Å². The van der Waals surface area contributed by atoms with Crippen LogP contribution in [0.4, 0.5) is 0 Å². The fraction of sp³-hybridized carbons (Fsp3) is 0.308. The van der Waals surface area contributed by atoms with Gasteiger partial charge in [-0.05, 0) is 56.2 Å². The number of carbonyl (C=O) groups is 1. The fourth-order valence-electron chi connectivity index (χ4n) is 4.72. The van der Waals surface area contributed by atoms with Crippen molar-refractivity contribution in [2.24, 2.45) is 0 Å². The average Bonchev–Trinajstić information content (AvgIpc) is 3.11. The lowest BCUT2D eigenvalue weighted by molar-refractivity contribution is -0.137. The van der Waals surface area contributed by atoms with E-state index in [1.54, 1.807) is 4.90 Å². The van der Waals surface area contributed by atoms with E-state index in [4.69, 9.17) is 32.9 Å². The van der Waals surface area contributed by atoms with Crippen LogP contribution in [0.25, 0.3) is 22.4 Å². The summed E-state index contributed by atoms with van der Waals surface area (Å²) in [6.45, 7) is 4.47. The van der Waals surface area contributed by atoms with Crippen LogP contribution in [0.2, 0.25) is 10.0 Å². The van der Waals surface area contributed by atoms with Gasteiger partial charge in [-0.2, -0.15) is 0 Å². The normalized spacial score (nSPS) is 21.4. The molecule has 2 atom stereocenters. The molecule has 5 rings (SSSR count). The van der Waals surface area contributed by atoms with Crippen LogP contribution in [0.5, 0.6) is 5.88 Å². The number of pyridine rings is 1. The van der Waals surface area contributed by atoms with Gasteiger partial charge >= 0.3 is 0 Å². The third-order valence-electron chi connectivity index (χ3n) is 6.36. The predicted octanol–water partition coefficient (Wildman–Crippen LogP) is 6.68. The molecular formula is C26H23BrCl2N2O3. The van der Waals surface area contributed by atoms with Gasteiger partial charge in [-0.25, -0.2) is 4.98 Å². The molecule has 1 aromatic heterocycles. The maximum absolute atomic E-state index is 12.8. The molecule has 2 unspecified atom stereocenters. The van der Waals surface area contributed by atoms with Crippen molar-refractivity contribution >= 4 is 45.0 Å². The van der Waals surface area contributed by atoms with Crippen molar-refractivity contribution in [1.29, 1.82) is 0 Å². The Morgan fingerprint density at radius 2 is 1.85 bits per heavy atom. The number of amides is 1. The number of hydrogen-bond acceptors (Lipinski definition) is 4.